The highest BCUT2D eigenvalue weighted by molar-refractivity contribution is 5.76. The molecule has 1 aliphatic rings. The molecule has 0 unspecified atom stereocenters. The zero-order valence-electron chi connectivity index (χ0n) is 27.8. The van der Waals surface area contributed by atoms with Crippen molar-refractivity contribution in [2.45, 2.75) is 52.2 Å². The van der Waals surface area contributed by atoms with E-state index >= 15 is 0 Å². The molecule has 9 heteroatoms. The molecule has 0 saturated carbocycles. The number of benzene rings is 2. The maximum absolute atomic E-state index is 11.9. The predicted molar refractivity (Wildman–Crippen MR) is 184 cm³/mol. The molecular formula is C38H51N3O6. The highest BCUT2D eigenvalue weighted by Gasteiger charge is 2.08. The van der Waals surface area contributed by atoms with Crippen molar-refractivity contribution >= 4 is 5.91 Å². The molecule has 3 aromatic rings. The highest BCUT2D eigenvalue weighted by atomic mass is 16.6. The molecule has 9 nitrogen and oxygen atoms in total. The van der Waals surface area contributed by atoms with E-state index in [2.05, 4.69) is 71.1 Å². The summed E-state index contributed by atoms with van der Waals surface area (Å²) >= 11 is 0. The number of rotatable bonds is 23. The number of hydrogen-bond acceptors (Lipinski definition) is 8. The first-order valence-corrected chi connectivity index (χ1v) is 16.9. The summed E-state index contributed by atoms with van der Waals surface area (Å²) in [5.41, 5.74) is 7.22. The van der Waals surface area contributed by atoms with Gasteiger partial charge in [0.25, 0.3) is 0 Å². The van der Waals surface area contributed by atoms with E-state index in [0.717, 1.165) is 30.5 Å². The van der Waals surface area contributed by atoms with E-state index in [9.17, 15) is 4.79 Å². The summed E-state index contributed by atoms with van der Waals surface area (Å²) in [6, 6.07) is 20.7. The number of allylic oxidation sites excluding steroid dienone is 1. The molecule has 4 rings (SSSR count). The molecule has 1 amide bonds. The molecule has 1 heterocycles. The number of pyridine rings is 1. The van der Waals surface area contributed by atoms with Gasteiger partial charge in [-0.3, -0.25) is 4.79 Å². The fourth-order valence-electron chi connectivity index (χ4n) is 5.19. The molecule has 2 N–H and O–H groups in total. The van der Waals surface area contributed by atoms with Gasteiger partial charge in [-0.15, -0.1) is 0 Å². The van der Waals surface area contributed by atoms with Crippen molar-refractivity contribution in [1.29, 1.82) is 0 Å². The average Bonchev–Trinajstić information content (AvgIpc) is 3.11. The number of amides is 1. The maximum atomic E-state index is 11.9. The predicted octanol–water partition coefficient (Wildman–Crippen LogP) is 5.80. The van der Waals surface area contributed by atoms with E-state index in [-0.39, 0.29) is 5.91 Å². The normalized spacial score (nSPS) is 12.9. The standard InChI is InChI=1S/C38H51N3O6/c1-31-35(13-8-14-36(31)34-11-6-3-7-12-34)30-47-38-16-15-33(29-41-38)27-39-18-20-44-22-24-46-26-25-45-23-21-43-19-17-37(42)40-28-32-9-4-2-5-10-32/h3,6-9,11-16,29,39H,2,4-5,10,17-28,30H2,1H3,(H,40,42). The smallest absolute Gasteiger partial charge is 0.222 e. The van der Waals surface area contributed by atoms with Gasteiger partial charge in [0.1, 0.15) is 6.61 Å². The maximum Gasteiger partial charge on any atom is 0.222 e. The number of carbonyl (C=O) groups is 1. The van der Waals surface area contributed by atoms with Crippen molar-refractivity contribution in [3.8, 4) is 17.0 Å². The third-order valence-electron chi connectivity index (χ3n) is 7.94. The molecule has 2 aromatic carbocycles. The van der Waals surface area contributed by atoms with Crippen molar-refractivity contribution in [2.24, 2.45) is 0 Å². The molecule has 1 aromatic heterocycles. The first kappa shape index (κ1) is 36.2. The van der Waals surface area contributed by atoms with Gasteiger partial charge in [0.05, 0.1) is 52.9 Å². The van der Waals surface area contributed by atoms with Crippen LogP contribution in [0, 0.1) is 6.92 Å². The molecule has 254 valence electrons. The molecule has 0 aliphatic heterocycles. The van der Waals surface area contributed by atoms with Crippen LogP contribution in [-0.4, -0.2) is 76.8 Å². The Kier molecular flexibility index (Phi) is 17.0. The van der Waals surface area contributed by atoms with Crippen LogP contribution in [-0.2, 0) is 36.9 Å². The van der Waals surface area contributed by atoms with Gasteiger partial charge in [0, 0.05) is 38.3 Å². The van der Waals surface area contributed by atoms with E-state index in [1.54, 1.807) is 0 Å². The lowest BCUT2D eigenvalue weighted by atomic mass is 9.97. The van der Waals surface area contributed by atoms with E-state index < -0.39 is 0 Å². The van der Waals surface area contributed by atoms with Gasteiger partial charge in [-0.1, -0.05) is 66.2 Å². The first-order valence-electron chi connectivity index (χ1n) is 16.9. The van der Waals surface area contributed by atoms with Crippen molar-refractivity contribution in [1.82, 2.24) is 15.6 Å². The summed E-state index contributed by atoms with van der Waals surface area (Å²) in [6.07, 6.45) is 9.18. The fraction of sp³-hybridized carbons (Fsp3) is 0.474. The van der Waals surface area contributed by atoms with Crippen LogP contribution in [0.3, 0.4) is 0 Å². The lowest BCUT2D eigenvalue weighted by molar-refractivity contribution is -0.122. The van der Waals surface area contributed by atoms with Crippen LogP contribution in [0.5, 0.6) is 5.88 Å². The molecule has 0 spiro atoms. The van der Waals surface area contributed by atoms with Gasteiger partial charge in [0.15, 0.2) is 0 Å². The molecule has 0 radical (unpaired) electrons. The Hall–Kier alpha value is -3.60. The number of hydrogen-bond donors (Lipinski definition) is 2. The average molecular weight is 646 g/mol. The van der Waals surface area contributed by atoms with Crippen molar-refractivity contribution in [3.05, 3.63) is 95.2 Å². The Morgan fingerprint density at radius 2 is 1.53 bits per heavy atom. The van der Waals surface area contributed by atoms with Crippen LogP contribution >= 0.6 is 0 Å². The van der Waals surface area contributed by atoms with Gasteiger partial charge in [0.2, 0.25) is 11.8 Å². The minimum absolute atomic E-state index is 0.0324. The van der Waals surface area contributed by atoms with Crippen LogP contribution < -0.4 is 15.4 Å². The van der Waals surface area contributed by atoms with Gasteiger partial charge in [-0.25, -0.2) is 4.98 Å². The fourth-order valence-corrected chi connectivity index (χ4v) is 5.19. The SMILES string of the molecule is Cc1c(COc2ccc(CNCCOCCOCCOCCOCCC(=O)NCC3=CCCCC3)cn2)cccc1-c1ccccc1. The van der Waals surface area contributed by atoms with Crippen LogP contribution in [0.1, 0.15) is 48.8 Å². The van der Waals surface area contributed by atoms with Crippen LogP contribution in [0.4, 0.5) is 0 Å². The number of ether oxygens (including phenoxy) is 5. The Morgan fingerprint density at radius 1 is 0.787 bits per heavy atom. The summed E-state index contributed by atoms with van der Waals surface area (Å²) in [7, 11) is 0. The zero-order valence-corrected chi connectivity index (χ0v) is 27.8. The number of aromatic nitrogens is 1. The number of nitrogens with one attached hydrogen (secondary N) is 2. The van der Waals surface area contributed by atoms with E-state index in [0.29, 0.717) is 84.9 Å². The van der Waals surface area contributed by atoms with Crippen LogP contribution in [0.15, 0.2) is 78.5 Å². The summed E-state index contributed by atoms with van der Waals surface area (Å²) in [5, 5.41) is 6.34. The molecule has 0 saturated heterocycles. The summed E-state index contributed by atoms with van der Waals surface area (Å²) < 4.78 is 28.2. The second kappa shape index (κ2) is 22.1. The second-order valence-electron chi connectivity index (χ2n) is 11.5. The van der Waals surface area contributed by atoms with Crippen molar-refractivity contribution in [2.75, 3.05) is 65.9 Å². The Morgan fingerprint density at radius 3 is 2.23 bits per heavy atom. The first-order chi connectivity index (χ1) is 23.2. The van der Waals surface area contributed by atoms with Gasteiger partial charge >= 0.3 is 0 Å². The monoisotopic (exact) mass is 645 g/mol. The quantitative estimate of drug-likeness (QED) is 0.0987. The molecular weight excluding hydrogens is 594 g/mol. The molecule has 47 heavy (non-hydrogen) atoms. The van der Waals surface area contributed by atoms with Gasteiger partial charge in [-0.05, 0) is 60.4 Å². The largest absolute Gasteiger partial charge is 0.473 e. The summed E-state index contributed by atoms with van der Waals surface area (Å²) in [5.74, 6) is 0.643. The van der Waals surface area contributed by atoms with Gasteiger partial charge in [-0.2, -0.15) is 0 Å². The Balaban J connectivity index is 0.925. The van der Waals surface area contributed by atoms with Crippen molar-refractivity contribution in [3.63, 3.8) is 0 Å². The van der Waals surface area contributed by atoms with Crippen molar-refractivity contribution < 1.29 is 28.5 Å². The zero-order chi connectivity index (χ0) is 32.8. The molecule has 0 atom stereocenters. The molecule has 0 fully saturated rings. The Bertz CT molecular complexity index is 1330. The third-order valence-corrected chi connectivity index (χ3v) is 7.94. The van der Waals surface area contributed by atoms with Crippen LogP contribution in [0.25, 0.3) is 11.1 Å². The van der Waals surface area contributed by atoms with E-state index in [1.807, 2.05) is 24.4 Å². The molecule has 1 aliphatic carbocycles. The number of nitrogens with zero attached hydrogens (tertiary/aromatic N) is 1. The minimum Gasteiger partial charge on any atom is -0.473 e. The summed E-state index contributed by atoms with van der Waals surface area (Å²) in [4.78, 5) is 16.4. The van der Waals surface area contributed by atoms with Gasteiger partial charge < -0.3 is 34.3 Å². The minimum atomic E-state index is 0.0324. The Labute approximate surface area is 280 Å². The topological polar surface area (TPSA) is 100 Å². The lowest BCUT2D eigenvalue weighted by Crippen LogP contribution is -2.27. The number of carbonyl (C=O) groups excluding carboxylic acids is 1. The second-order valence-corrected chi connectivity index (χ2v) is 11.5. The van der Waals surface area contributed by atoms with Crippen LogP contribution in [0.2, 0.25) is 0 Å². The lowest BCUT2D eigenvalue weighted by Gasteiger charge is -2.13. The highest BCUT2D eigenvalue weighted by Crippen LogP contribution is 2.26. The third kappa shape index (κ3) is 14.4. The van der Waals surface area contributed by atoms with E-state index in [4.69, 9.17) is 23.7 Å². The van der Waals surface area contributed by atoms with E-state index in [1.165, 1.54) is 35.1 Å². The summed E-state index contributed by atoms with van der Waals surface area (Å²) in [6.45, 7) is 8.73. The molecule has 0 bridgehead atoms.